The third-order valence-corrected chi connectivity index (χ3v) is 2.68. The zero-order valence-electron chi connectivity index (χ0n) is 10.4. The number of para-hydroxylation sites is 1. The summed E-state index contributed by atoms with van der Waals surface area (Å²) in [7, 11) is 0. The van der Waals surface area contributed by atoms with Crippen molar-refractivity contribution in [3.63, 3.8) is 0 Å². The van der Waals surface area contributed by atoms with E-state index in [9.17, 15) is 14.3 Å². The van der Waals surface area contributed by atoms with Crippen LogP contribution in [0.3, 0.4) is 0 Å². The van der Waals surface area contributed by atoms with Crippen LogP contribution in [-0.2, 0) is 6.61 Å². The van der Waals surface area contributed by atoms with E-state index in [-0.39, 0.29) is 23.7 Å². The summed E-state index contributed by atoms with van der Waals surface area (Å²) in [5.74, 6) is -0.0575. The number of halogens is 1. The van der Waals surface area contributed by atoms with Crippen molar-refractivity contribution in [2.75, 3.05) is 0 Å². The van der Waals surface area contributed by atoms with Gasteiger partial charge in [0, 0.05) is 5.56 Å². The van der Waals surface area contributed by atoms with E-state index >= 15 is 0 Å². The number of ketones is 1. The lowest BCUT2D eigenvalue weighted by Crippen LogP contribution is -1.99. The molecule has 2 aromatic rings. The first kappa shape index (κ1) is 13.2. The van der Waals surface area contributed by atoms with E-state index in [4.69, 9.17) is 4.74 Å². The second-order valence-corrected chi connectivity index (χ2v) is 4.06. The van der Waals surface area contributed by atoms with Crippen LogP contribution >= 0.6 is 0 Å². The molecule has 2 rings (SSSR count). The number of aliphatic hydroxyl groups excluding tert-OH is 1. The average Bonchev–Trinajstić information content (AvgIpc) is 2.41. The fraction of sp³-hybridized carbons (Fsp3) is 0.133. The highest BCUT2D eigenvalue weighted by molar-refractivity contribution is 5.96. The predicted molar refractivity (Wildman–Crippen MR) is 68.8 cm³/mol. The third-order valence-electron chi connectivity index (χ3n) is 2.68. The summed E-state index contributed by atoms with van der Waals surface area (Å²) < 4.78 is 18.7. The van der Waals surface area contributed by atoms with Crippen LogP contribution in [0.25, 0.3) is 0 Å². The second-order valence-electron chi connectivity index (χ2n) is 4.06. The van der Waals surface area contributed by atoms with Gasteiger partial charge in [0.15, 0.2) is 5.78 Å². The van der Waals surface area contributed by atoms with Gasteiger partial charge in [0.1, 0.15) is 17.3 Å². The lowest BCUT2D eigenvalue weighted by atomic mass is 10.1. The number of carbonyl (C=O) groups excluding carboxylic acids is 1. The van der Waals surface area contributed by atoms with Gasteiger partial charge in [-0.3, -0.25) is 4.79 Å². The van der Waals surface area contributed by atoms with Crippen molar-refractivity contribution in [2.24, 2.45) is 0 Å². The number of hydrogen-bond donors (Lipinski definition) is 1. The highest BCUT2D eigenvalue weighted by Crippen LogP contribution is 2.29. The maximum Gasteiger partial charge on any atom is 0.163 e. The first-order valence-corrected chi connectivity index (χ1v) is 5.79. The van der Waals surface area contributed by atoms with Gasteiger partial charge in [0.05, 0.1) is 12.2 Å². The molecule has 98 valence electrons. The third kappa shape index (κ3) is 2.98. The smallest absolute Gasteiger partial charge is 0.163 e. The van der Waals surface area contributed by atoms with E-state index in [1.54, 1.807) is 24.3 Å². The van der Waals surface area contributed by atoms with Crippen LogP contribution in [0, 0.1) is 5.82 Å². The minimum absolute atomic E-state index is 0.174. The number of carbonyl (C=O) groups is 1. The average molecular weight is 260 g/mol. The molecule has 0 radical (unpaired) electrons. The van der Waals surface area contributed by atoms with Gasteiger partial charge in [-0.05, 0) is 31.2 Å². The molecule has 0 unspecified atom stereocenters. The molecule has 0 aliphatic rings. The summed E-state index contributed by atoms with van der Waals surface area (Å²) in [6.45, 7) is 1.17. The van der Waals surface area contributed by atoms with Gasteiger partial charge >= 0.3 is 0 Å². The molecular weight excluding hydrogens is 247 g/mol. The van der Waals surface area contributed by atoms with Crippen LogP contribution in [0.4, 0.5) is 4.39 Å². The van der Waals surface area contributed by atoms with Crippen molar-refractivity contribution < 1.29 is 19.0 Å². The Labute approximate surface area is 110 Å². The van der Waals surface area contributed by atoms with E-state index in [2.05, 4.69) is 0 Å². The molecule has 0 heterocycles. The van der Waals surface area contributed by atoms with Crippen LogP contribution in [0.1, 0.15) is 22.8 Å². The topological polar surface area (TPSA) is 46.5 Å². The fourth-order valence-corrected chi connectivity index (χ4v) is 1.72. The monoisotopic (exact) mass is 260 g/mol. The van der Waals surface area contributed by atoms with Crippen molar-refractivity contribution in [2.45, 2.75) is 13.5 Å². The Balaban J connectivity index is 2.41. The molecule has 2 aromatic carbocycles. The van der Waals surface area contributed by atoms with Crippen molar-refractivity contribution in [3.8, 4) is 11.5 Å². The molecule has 0 aromatic heterocycles. The summed E-state index contributed by atoms with van der Waals surface area (Å²) in [4.78, 5) is 11.5. The zero-order valence-corrected chi connectivity index (χ0v) is 10.4. The number of rotatable bonds is 4. The van der Waals surface area contributed by atoms with Gasteiger partial charge in [-0.2, -0.15) is 0 Å². The molecular formula is C15H13FO3. The zero-order chi connectivity index (χ0) is 13.8. The molecule has 0 aliphatic heterocycles. The van der Waals surface area contributed by atoms with Crippen molar-refractivity contribution in [1.29, 1.82) is 0 Å². The molecule has 0 saturated carbocycles. The lowest BCUT2D eigenvalue weighted by Gasteiger charge is -2.12. The van der Waals surface area contributed by atoms with Gasteiger partial charge in [-0.1, -0.05) is 18.2 Å². The first-order valence-electron chi connectivity index (χ1n) is 5.79. The number of benzene rings is 2. The molecule has 3 nitrogen and oxygen atoms in total. The molecule has 0 saturated heterocycles. The van der Waals surface area contributed by atoms with E-state index in [1.807, 2.05) is 0 Å². The lowest BCUT2D eigenvalue weighted by molar-refractivity contribution is 0.101. The van der Waals surface area contributed by atoms with E-state index in [0.717, 1.165) is 6.07 Å². The molecule has 0 aliphatic carbocycles. The Morgan fingerprint density at radius 3 is 2.63 bits per heavy atom. The van der Waals surface area contributed by atoms with Crippen molar-refractivity contribution >= 4 is 5.78 Å². The molecule has 0 amide bonds. The highest BCUT2D eigenvalue weighted by Gasteiger charge is 2.12. The second kappa shape index (κ2) is 5.63. The minimum Gasteiger partial charge on any atom is -0.456 e. The Bertz CT molecular complexity index is 608. The normalized spacial score (nSPS) is 10.3. The number of Topliss-reactive ketones (excluding diaryl/α,β-unsaturated/α-hetero) is 1. The van der Waals surface area contributed by atoms with Crippen LogP contribution in [-0.4, -0.2) is 10.9 Å². The summed E-state index contributed by atoms with van der Waals surface area (Å²) in [5, 5.41) is 9.21. The van der Waals surface area contributed by atoms with Crippen molar-refractivity contribution in [3.05, 3.63) is 59.4 Å². The molecule has 1 N–H and O–H groups in total. The number of aliphatic hydroxyl groups is 1. The fourth-order valence-electron chi connectivity index (χ4n) is 1.72. The molecule has 0 atom stereocenters. The van der Waals surface area contributed by atoms with Crippen LogP contribution in [0.2, 0.25) is 0 Å². The molecule has 4 heteroatoms. The van der Waals surface area contributed by atoms with Gasteiger partial charge in [0.25, 0.3) is 0 Å². The van der Waals surface area contributed by atoms with E-state index < -0.39 is 5.82 Å². The standard InChI is InChI=1S/C15H13FO3/c1-10(18)13-8-12(16)6-7-15(13)19-14-5-3-2-4-11(14)9-17/h2-8,17H,9H2,1H3. The van der Waals surface area contributed by atoms with Crippen LogP contribution < -0.4 is 4.74 Å². The highest BCUT2D eigenvalue weighted by atomic mass is 19.1. The van der Waals surface area contributed by atoms with Gasteiger partial charge in [-0.25, -0.2) is 4.39 Å². The summed E-state index contributed by atoms with van der Waals surface area (Å²) in [6.07, 6.45) is 0. The van der Waals surface area contributed by atoms with Crippen LogP contribution in [0.5, 0.6) is 11.5 Å². The summed E-state index contributed by atoms with van der Waals surface area (Å²) in [6, 6.07) is 10.7. The summed E-state index contributed by atoms with van der Waals surface area (Å²) in [5.41, 5.74) is 0.772. The first-order chi connectivity index (χ1) is 9.11. The Morgan fingerprint density at radius 2 is 1.95 bits per heavy atom. The maximum atomic E-state index is 13.1. The van der Waals surface area contributed by atoms with Gasteiger partial charge in [-0.15, -0.1) is 0 Å². The Hall–Kier alpha value is -2.20. The van der Waals surface area contributed by atoms with E-state index in [0.29, 0.717) is 11.3 Å². The quantitative estimate of drug-likeness (QED) is 0.858. The van der Waals surface area contributed by atoms with E-state index in [1.165, 1.54) is 19.1 Å². The SMILES string of the molecule is CC(=O)c1cc(F)ccc1Oc1ccccc1CO. The maximum absolute atomic E-state index is 13.1. The largest absolute Gasteiger partial charge is 0.456 e. The Kier molecular flexibility index (Phi) is 3.92. The molecule has 19 heavy (non-hydrogen) atoms. The summed E-state index contributed by atoms with van der Waals surface area (Å²) >= 11 is 0. The molecule has 0 spiro atoms. The number of hydrogen-bond acceptors (Lipinski definition) is 3. The predicted octanol–water partition coefficient (Wildman–Crippen LogP) is 3.31. The number of ether oxygens (including phenoxy) is 1. The van der Waals surface area contributed by atoms with Gasteiger partial charge in [0.2, 0.25) is 0 Å². The van der Waals surface area contributed by atoms with Gasteiger partial charge < -0.3 is 9.84 Å². The minimum atomic E-state index is -0.493. The van der Waals surface area contributed by atoms with Crippen molar-refractivity contribution in [1.82, 2.24) is 0 Å². The Morgan fingerprint density at radius 1 is 1.21 bits per heavy atom. The van der Waals surface area contributed by atoms with Crippen LogP contribution in [0.15, 0.2) is 42.5 Å². The molecule has 0 fully saturated rings. The molecule has 0 bridgehead atoms.